The third kappa shape index (κ3) is 3.53. The molecule has 1 heterocycles. The summed E-state index contributed by atoms with van der Waals surface area (Å²) in [5, 5.41) is 3.06. The van der Waals surface area contributed by atoms with Gasteiger partial charge in [0.25, 0.3) is 5.91 Å². The number of fused-ring (bicyclic) bond motifs is 1. The molecule has 0 saturated heterocycles. The van der Waals surface area contributed by atoms with Gasteiger partial charge in [0.2, 0.25) is 0 Å². The molecule has 126 valence electrons. The summed E-state index contributed by atoms with van der Waals surface area (Å²) in [4.78, 5) is 12.6. The fourth-order valence-corrected chi connectivity index (χ4v) is 3.01. The molecule has 1 atom stereocenters. The van der Waals surface area contributed by atoms with Crippen LogP contribution in [0.1, 0.15) is 34.0 Å². The molecule has 0 spiro atoms. The Morgan fingerprint density at radius 2 is 1.96 bits per heavy atom. The van der Waals surface area contributed by atoms with Crippen LogP contribution in [0.2, 0.25) is 0 Å². The summed E-state index contributed by atoms with van der Waals surface area (Å²) < 4.78 is 11.2. The molecule has 2 aromatic carbocycles. The van der Waals surface area contributed by atoms with Crippen molar-refractivity contribution in [3.8, 4) is 11.5 Å². The van der Waals surface area contributed by atoms with Crippen molar-refractivity contribution < 1.29 is 14.3 Å². The monoisotopic (exact) mass is 325 g/mol. The summed E-state index contributed by atoms with van der Waals surface area (Å²) in [5.74, 6) is 1.05. The van der Waals surface area contributed by atoms with Gasteiger partial charge >= 0.3 is 0 Å². The molecule has 1 amide bonds. The van der Waals surface area contributed by atoms with Gasteiger partial charge in [-0.25, -0.2) is 0 Å². The molecule has 0 saturated carbocycles. The van der Waals surface area contributed by atoms with E-state index >= 15 is 0 Å². The van der Waals surface area contributed by atoms with E-state index in [4.69, 9.17) is 9.47 Å². The number of carbonyl (C=O) groups excluding carboxylic acids is 1. The molecule has 1 aliphatic rings. The van der Waals surface area contributed by atoms with Gasteiger partial charge < -0.3 is 14.8 Å². The topological polar surface area (TPSA) is 47.6 Å². The molecule has 0 fully saturated rings. The van der Waals surface area contributed by atoms with Gasteiger partial charge in [0.05, 0.1) is 5.56 Å². The molecule has 4 nitrogen and oxygen atoms in total. The predicted octanol–water partition coefficient (Wildman–Crippen LogP) is 3.44. The zero-order valence-corrected chi connectivity index (χ0v) is 14.4. The number of rotatable bonds is 4. The molecule has 3 rings (SSSR count). The Bertz CT molecular complexity index is 755. The van der Waals surface area contributed by atoms with E-state index < -0.39 is 0 Å². The van der Waals surface area contributed by atoms with E-state index in [0.29, 0.717) is 30.3 Å². The molecule has 0 radical (unpaired) electrons. The first-order valence-electron chi connectivity index (χ1n) is 8.30. The minimum Gasteiger partial charge on any atom is -0.486 e. The highest BCUT2D eigenvalue weighted by Gasteiger charge is 2.21. The standard InChI is InChI=1S/C20H23NO3/c1-13-7-8-16(14(2)11-13)12-15(3)21-20(22)17-5-4-6-18-19(17)24-10-9-23-18/h4-8,11,15H,9-10,12H2,1-3H3,(H,21,22). The maximum absolute atomic E-state index is 12.6. The number of aryl methyl sites for hydroxylation is 2. The number of nitrogens with one attached hydrogen (secondary N) is 1. The van der Waals surface area contributed by atoms with Crippen LogP contribution in [0.3, 0.4) is 0 Å². The summed E-state index contributed by atoms with van der Waals surface area (Å²) in [6.07, 6.45) is 0.796. The van der Waals surface area contributed by atoms with E-state index in [9.17, 15) is 4.79 Å². The second kappa shape index (κ2) is 6.95. The van der Waals surface area contributed by atoms with Crippen molar-refractivity contribution in [3.63, 3.8) is 0 Å². The fourth-order valence-electron chi connectivity index (χ4n) is 3.01. The summed E-state index contributed by atoms with van der Waals surface area (Å²) in [7, 11) is 0. The Hall–Kier alpha value is -2.49. The number of amides is 1. The van der Waals surface area contributed by atoms with Gasteiger partial charge in [-0.3, -0.25) is 4.79 Å². The molecule has 0 bridgehead atoms. The smallest absolute Gasteiger partial charge is 0.255 e. The molecule has 0 aliphatic carbocycles. The van der Waals surface area contributed by atoms with Crippen LogP contribution >= 0.6 is 0 Å². The highest BCUT2D eigenvalue weighted by Crippen LogP contribution is 2.33. The predicted molar refractivity (Wildman–Crippen MR) is 94.0 cm³/mol. The van der Waals surface area contributed by atoms with Gasteiger partial charge in [-0.15, -0.1) is 0 Å². The second-order valence-electron chi connectivity index (χ2n) is 6.34. The lowest BCUT2D eigenvalue weighted by atomic mass is 9.99. The van der Waals surface area contributed by atoms with E-state index in [2.05, 4.69) is 37.4 Å². The first-order chi connectivity index (χ1) is 11.5. The number of ether oxygens (including phenoxy) is 2. The lowest BCUT2D eigenvalue weighted by Crippen LogP contribution is -2.34. The van der Waals surface area contributed by atoms with Crippen LogP contribution in [-0.4, -0.2) is 25.2 Å². The highest BCUT2D eigenvalue weighted by atomic mass is 16.6. The number of para-hydroxylation sites is 1. The van der Waals surface area contributed by atoms with E-state index in [1.807, 2.05) is 19.1 Å². The zero-order chi connectivity index (χ0) is 17.1. The Balaban J connectivity index is 1.70. The van der Waals surface area contributed by atoms with Gasteiger partial charge in [-0.1, -0.05) is 29.8 Å². The number of benzene rings is 2. The van der Waals surface area contributed by atoms with Gasteiger partial charge in [-0.05, 0) is 50.5 Å². The maximum Gasteiger partial charge on any atom is 0.255 e. The minimum atomic E-state index is -0.130. The molecule has 1 aliphatic heterocycles. The number of hydrogen-bond donors (Lipinski definition) is 1. The highest BCUT2D eigenvalue weighted by molar-refractivity contribution is 5.98. The van der Waals surface area contributed by atoms with Crippen LogP contribution in [0.5, 0.6) is 11.5 Å². The molecule has 1 unspecified atom stereocenters. The summed E-state index contributed by atoms with van der Waals surface area (Å²) in [6, 6.07) is 11.8. The van der Waals surface area contributed by atoms with Gasteiger partial charge in [0, 0.05) is 6.04 Å². The van der Waals surface area contributed by atoms with Gasteiger partial charge in [0.1, 0.15) is 13.2 Å². The quantitative estimate of drug-likeness (QED) is 0.937. The summed E-state index contributed by atoms with van der Waals surface area (Å²) in [5.41, 5.74) is 4.29. The normalized spacial score (nSPS) is 14.1. The number of hydrogen-bond acceptors (Lipinski definition) is 3. The van der Waals surface area contributed by atoms with Crippen molar-refractivity contribution in [2.75, 3.05) is 13.2 Å². The second-order valence-corrected chi connectivity index (χ2v) is 6.34. The molecule has 2 aromatic rings. The minimum absolute atomic E-state index is 0.0271. The van der Waals surface area contributed by atoms with Crippen molar-refractivity contribution in [2.45, 2.75) is 33.2 Å². The Morgan fingerprint density at radius 1 is 1.17 bits per heavy atom. The summed E-state index contributed by atoms with van der Waals surface area (Å²) in [6.45, 7) is 7.19. The van der Waals surface area contributed by atoms with E-state index in [1.54, 1.807) is 6.07 Å². The van der Waals surface area contributed by atoms with Crippen LogP contribution in [0.25, 0.3) is 0 Å². The van der Waals surface area contributed by atoms with Crippen molar-refractivity contribution in [1.29, 1.82) is 0 Å². The number of carbonyl (C=O) groups is 1. The average Bonchev–Trinajstić information content (AvgIpc) is 2.57. The third-order valence-corrected chi connectivity index (χ3v) is 4.21. The summed E-state index contributed by atoms with van der Waals surface area (Å²) >= 11 is 0. The van der Waals surface area contributed by atoms with Crippen molar-refractivity contribution >= 4 is 5.91 Å². The molecular weight excluding hydrogens is 302 g/mol. The maximum atomic E-state index is 12.6. The Labute approximate surface area is 142 Å². The Morgan fingerprint density at radius 3 is 2.75 bits per heavy atom. The lowest BCUT2D eigenvalue weighted by molar-refractivity contribution is 0.0929. The van der Waals surface area contributed by atoms with Crippen molar-refractivity contribution in [1.82, 2.24) is 5.32 Å². The van der Waals surface area contributed by atoms with E-state index in [0.717, 1.165) is 6.42 Å². The van der Waals surface area contributed by atoms with E-state index in [-0.39, 0.29) is 11.9 Å². The fraction of sp³-hybridized carbons (Fsp3) is 0.350. The van der Waals surface area contributed by atoms with Crippen LogP contribution in [0.15, 0.2) is 36.4 Å². The van der Waals surface area contributed by atoms with Crippen LogP contribution in [-0.2, 0) is 6.42 Å². The third-order valence-electron chi connectivity index (χ3n) is 4.21. The van der Waals surface area contributed by atoms with E-state index in [1.165, 1.54) is 16.7 Å². The van der Waals surface area contributed by atoms with Crippen LogP contribution in [0, 0.1) is 13.8 Å². The first kappa shape index (κ1) is 16.4. The molecule has 1 N–H and O–H groups in total. The van der Waals surface area contributed by atoms with Crippen LogP contribution < -0.4 is 14.8 Å². The molecule has 24 heavy (non-hydrogen) atoms. The zero-order valence-electron chi connectivity index (χ0n) is 14.4. The lowest BCUT2D eigenvalue weighted by Gasteiger charge is -2.22. The van der Waals surface area contributed by atoms with Crippen molar-refractivity contribution in [3.05, 3.63) is 58.7 Å². The molecule has 0 aromatic heterocycles. The average molecular weight is 325 g/mol. The SMILES string of the molecule is Cc1ccc(CC(C)NC(=O)c2cccc3c2OCCO3)c(C)c1. The molecule has 4 heteroatoms. The van der Waals surface area contributed by atoms with Gasteiger partial charge in [0.15, 0.2) is 11.5 Å². The van der Waals surface area contributed by atoms with Gasteiger partial charge in [-0.2, -0.15) is 0 Å². The van der Waals surface area contributed by atoms with Crippen molar-refractivity contribution in [2.24, 2.45) is 0 Å². The molecular formula is C20H23NO3. The Kier molecular flexibility index (Phi) is 4.74. The largest absolute Gasteiger partial charge is 0.486 e. The first-order valence-corrected chi connectivity index (χ1v) is 8.30. The van der Waals surface area contributed by atoms with Crippen LogP contribution in [0.4, 0.5) is 0 Å².